The molecule has 0 saturated carbocycles. The van der Waals surface area contributed by atoms with Crippen LogP contribution in [0.5, 0.6) is 0 Å². The molecule has 6 heteroatoms. The average molecular weight is 273 g/mol. The fraction of sp³-hybridized carbons (Fsp3) is 1.00. The molecule has 0 saturated heterocycles. The Morgan fingerprint density at radius 3 is 2.31 bits per heavy atom. The third-order valence-electron chi connectivity index (χ3n) is 2.06. The summed E-state index contributed by atoms with van der Waals surface area (Å²) in [6.07, 6.45) is 1.73. The molecule has 0 N–H and O–H groups in total. The zero-order valence-electron chi connectivity index (χ0n) is 9.95. The van der Waals surface area contributed by atoms with E-state index in [0.29, 0.717) is 26.4 Å². The zero-order valence-corrected chi connectivity index (χ0v) is 11.5. The summed E-state index contributed by atoms with van der Waals surface area (Å²) in [5, 5.41) is 0. The molecule has 1 atom stereocenters. The summed E-state index contributed by atoms with van der Waals surface area (Å²) in [6, 6.07) is 0. The van der Waals surface area contributed by atoms with Crippen molar-refractivity contribution in [2.45, 2.75) is 26.7 Å². The molecule has 0 spiro atoms. The molecule has 0 amide bonds. The van der Waals surface area contributed by atoms with E-state index in [4.69, 9.17) is 20.2 Å². The lowest BCUT2D eigenvalue weighted by atomic mass is 10.1. The van der Waals surface area contributed by atoms with Crippen LogP contribution >= 0.6 is 10.7 Å². The average Bonchev–Trinajstić information content (AvgIpc) is 2.15. The number of hydrogen-bond acceptors (Lipinski definition) is 4. The molecule has 0 aliphatic rings. The number of halogens is 1. The van der Waals surface area contributed by atoms with E-state index in [2.05, 4.69) is 0 Å². The predicted octanol–water partition coefficient (Wildman–Crippen LogP) is 2.02. The summed E-state index contributed by atoms with van der Waals surface area (Å²) < 4.78 is 32.3. The second kappa shape index (κ2) is 9.22. The van der Waals surface area contributed by atoms with Gasteiger partial charge >= 0.3 is 0 Å². The van der Waals surface area contributed by atoms with Gasteiger partial charge in [-0.05, 0) is 19.3 Å². The van der Waals surface area contributed by atoms with Gasteiger partial charge in [-0.3, -0.25) is 0 Å². The third-order valence-corrected chi connectivity index (χ3v) is 3.31. The third kappa shape index (κ3) is 10.7. The molecular formula is C10H21ClO4S. The second-order valence-corrected chi connectivity index (χ2v) is 6.45. The molecule has 1 unspecified atom stereocenters. The maximum absolute atomic E-state index is 10.9. The molecule has 0 bridgehead atoms. The Kier molecular flexibility index (Phi) is 9.31. The molecule has 0 aliphatic carbocycles. The van der Waals surface area contributed by atoms with Gasteiger partial charge in [0.1, 0.15) is 0 Å². The fourth-order valence-corrected chi connectivity index (χ4v) is 2.78. The molecule has 0 aliphatic heterocycles. The molecule has 4 nitrogen and oxygen atoms in total. The van der Waals surface area contributed by atoms with Crippen LogP contribution in [0.1, 0.15) is 26.7 Å². The Bertz CT molecular complexity index is 254. The van der Waals surface area contributed by atoms with E-state index in [1.807, 2.05) is 13.8 Å². The van der Waals surface area contributed by atoms with E-state index in [9.17, 15) is 8.42 Å². The van der Waals surface area contributed by atoms with Gasteiger partial charge in [0.2, 0.25) is 9.05 Å². The van der Waals surface area contributed by atoms with E-state index < -0.39 is 9.05 Å². The molecule has 0 aromatic carbocycles. The highest BCUT2D eigenvalue weighted by atomic mass is 35.7. The predicted molar refractivity (Wildman–Crippen MR) is 65.3 cm³/mol. The first-order valence-electron chi connectivity index (χ1n) is 5.57. The summed E-state index contributed by atoms with van der Waals surface area (Å²) in [5.74, 6) is -0.0362. The second-order valence-electron chi connectivity index (χ2n) is 3.63. The molecule has 16 heavy (non-hydrogen) atoms. The van der Waals surface area contributed by atoms with Crippen LogP contribution < -0.4 is 0 Å². The SMILES string of the molecule is CCCC(COCCOCC)CS(=O)(=O)Cl. The minimum atomic E-state index is -3.43. The summed E-state index contributed by atoms with van der Waals surface area (Å²) in [6.45, 7) is 6.05. The van der Waals surface area contributed by atoms with E-state index in [-0.39, 0.29) is 11.7 Å². The van der Waals surface area contributed by atoms with Gasteiger partial charge in [0, 0.05) is 17.3 Å². The van der Waals surface area contributed by atoms with Gasteiger partial charge in [0.25, 0.3) is 0 Å². The van der Waals surface area contributed by atoms with Crippen molar-refractivity contribution in [2.75, 3.05) is 32.2 Å². The number of rotatable bonds is 10. The Balaban J connectivity index is 3.77. The van der Waals surface area contributed by atoms with Gasteiger partial charge in [-0.15, -0.1) is 0 Å². The van der Waals surface area contributed by atoms with Gasteiger partial charge in [-0.2, -0.15) is 0 Å². The van der Waals surface area contributed by atoms with Crippen LogP contribution in [0.2, 0.25) is 0 Å². The van der Waals surface area contributed by atoms with Crippen molar-refractivity contribution < 1.29 is 17.9 Å². The van der Waals surface area contributed by atoms with Crippen LogP contribution in [0.15, 0.2) is 0 Å². The standard InChI is InChI=1S/C10H21ClO4S/c1-3-5-10(9-16(11,12)13)8-15-7-6-14-4-2/h10H,3-9H2,1-2H3. The molecular weight excluding hydrogens is 252 g/mol. The number of ether oxygens (including phenoxy) is 2. The van der Waals surface area contributed by atoms with Crippen LogP contribution in [-0.2, 0) is 18.5 Å². The van der Waals surface area contributed by atoms with Crippen molar-refractivity contribution in [2.24, 2.45) is 5.92 Å². The Morgan fingerprint density at radius 1 is 1.19 bits per heavy atom. The summed E-state index contributed by atoms with van der Waals surface area (Å²) in [4.78, 5) is 0. The van der Waals surface area contributed by atoms with Gasteiger partial charge < -0.3 is 9.47 Å². The summed E-state index contributed by atoms with van der Waals surface area (Å²) >= 11 is 0. The van der Waals surface area contributed by atoms with Gasteiger partial charge in [0.15, 0.2) is 0 Å². The molecule has 0 fully saturated rings. The van der Waals surface area contributed by atoms with Crippen molar-refractivity contribution in [3.05, 3.63) is 0 Å². The first-order valence-corrected chi connectivity index (χ1v) is 8.05. The topological polar surface area (TPSA) is 52.6 Å². The van der Waals surface area contributed by atoms with E-state index in [1.54, 1.807) is 0 Å². The lowest BCUT2D eigenvalue weighted by Crippen LogP contribution is -2.19. The first kappa shape index (κ1) is 16.2. The molecule has 98 valence electrons. The maximum atomic E-state index is 10.9. The van der Waals surface area contributed by atoms with Crippen molar-refractivity contribution in [3.8, 4) is 0 Å². The lowest BCUT2D eigenvalue weighted by Gasteiger charge is -2.14. The fourth-order valence-electron chi connectivity index (χ4n) is 1.42. The Hall–Kier alpha value is 0.160. The van der Waals surface area contributed by atoms with E-state index in [1.165, 1.54) is 0 Å². The van der Waals surface area contributed by atoms with Crippen LogP contribution in [0, 0.1) is 5.92 Å². The number of hydrogen-bond donors (Lipinski definition) is 0. The highest BCUT2D eigenvalue weighted by Gasteiger charge is 2.16. The Labute approximate surface area is 103 Å². The van der Waals surface area contributed by atoms with Crippen LogP contribution in [0.4, 0.5) is 0 Å². The highest BCUT2D eigenvalue weighted by molar-refractivity contribution is 8.13. The smallest absolute Gasteiger partial charge is 0.232 e. The molecule has 0 radical (unpaired) electrons. The van der Waals surface area contributed by atoms with Gasteiger partial charge in [-0.25, -0.2) is 8.42 Å². The van der Waals surface area contributed by atoms with Crippen LogP contribution in [-0.4, -0.2) is 40.6 Å². The van der Waals surface area contributed by atoms with Crippen molar-refractivity contribution in [1.29, 1.82) is 0 Å². The van der Waals surface area contributed by atoms with Crippen molar-refractivity contribution in [1.82, 2.24) is 0 Å². The lowest BCUT2D eigenvalue weighted by molar-refractivity contribution is 0.0391. The highest BCUT2D eigenvalue weighted by Crippen LogP contribution is 2.12. The van der Waals surface area contributed by atoms with Crippen LogP contribution in [0.25, 0.3) is 0 Å². The van der Waals surface area contributed by atoms with Crippen molar-refractivity contribution in [3.63, 3.8) is 0 Å². The maximum Gasteiger partial charge on any atom is 0.232 e. The quantitative estimate of drug-likeness (QED) is 0.451. The van der Waals surface area contributed by atoms with E-state index in [0.717, 1.165) is 12.8 Å². The summed E-state index contributed by atoms with van der Waals surface area (Å²) in [5.41, 5.74) is 0. The van der Waals surface area contributed by atoms with Crippen molar-refractivity contribution >= 4 is 19.7 Å². The summed E-state index contributed by atoms with van der Waals surface area (Å²) in [7, 11) is 1.79. The minimum absolute atomic E-state index is 0.0168. The molecule has 0 aromatic rings. The Morgan fingerprint density at radius 2 is 1.81 bits per heavy atom. The van der Waals surface area contributed by atoms with Gasteiger partial charge in [-0.1, -0.05) is 13.3 Å². The monoisotopic (exact) mass is 272 g/mol. The van der Waals surface area contributed by atoms with Crippen LogP contribution in [0.3, 0.4) is 0 Å². The zero-order chi connectivity index (χ0) is 12.4. The normalized spacial score (nSPS) is 13.9. The minimum Gasteiger partial charge on any atom is -0.379 e. The molecule has 0 rings (SSSR count). The molecule has 0 aromatic heterocycles. The van der Waals surface area contributed by atoms with Gasteiger partial charge in [0.05, 0.1) is 25.6 Å². The first-order chi connectivity index (χ1) is 7.49. The van der Waals surface area contributed by atoms with E-state index >= 15 is 0 Å². The largest absolute Gasteiger partial charge is 0.379 e. The molecule has 0 heterocycles.